The number of hydrogen-bond acceptors (Lipinski definition) is 9. The van der Waals surface area contributed by atoms with Gasteiger partial charge in [0, 0.05) is 13.0 Å². The van der Waals surface area contributed by atoms with Crippen LogP contribution in [-0.2, 0) is 23.7 Å². The van der Waals surface area contributed by atoms with Gasteiger partial charge in [-0.15, -0.1) is 0 Å². The summed E-state index contributed by atoms with van der Waals surface area (Å²) in [5.74, 6) is -0.313. The van der Waals surface area contributed by atoms with Crippen molar-refractivity contribution in [1.29, 1.82) is 0 Å². The average molecular weight is 867 g/mol. The Morgan fingerprint density at radius 1 is 0.508 bits per heavy atom. The van der Waals surface area contributed by atoms with Gasteiger partial charge in [-0.3, -0.25) is 4.79 Å². The summed E-state index contributed by atoms with van der Waals surface area (Å²) in [4.78, 5) is 12.8. The quantitative estimate of drug-likeness (QED) is 0.0268. The molecule has 1 fully saturated rings. The maximum atomic E-state index is 12.8. The molecule has 1 aliphatic heterocycles. The third kappa shape index (κ3) is 34.7. The van der Waals surface area contributed by atoms with E-state index in [1.54, 1.807) is 0 Å². The van der Waals surface area contributed by atoms with Crippen molar-refractivity contribution in [1.82, 2.24) is 0 Å². The van der Waals surface area contributed by atoms with Crippen molar-refractivity contribution in [3.05, 3.63) is 24.3 Å². The lowest BCUT2D eigenvalue weighted by Gasteiger charge is -2.39. The second-order valence-electron chi connectivity index (χ2n) is 18.0. The number of aliphatic hydroxyl groups excluding tert-OH is 4. The Kier molecular flexibility index (Phi) is 41.5. The molecule has 1 rings (SSSR count). The lowest BCUT2D eigenvalue weighted by Crippen LogP contribution is -2.59. The fourth-order valence-electron chi connectivity index (χ4n) is 8.01. The second kappa shape index (κ2) is 43.9. The summed E-state index contributed by atoms with van der Waals surface area (Å²) in [5, 5.41) is 40.2. The molecule has 360 valence electrons. The number of esters is 1. The maximum Gasteiger partial charge on any atom is 0.306 e. The molecule has 0 aliphatic carbocycles. The van der Waals surface area contributed by atoms with Crippen LogP contribution in [0.15, 0.2) is 24.3 Å². The first-order valence-electron chi connectivity index (χ1n) is 25.9. The summed E-state index contributed by atoms with van der Waals surface area (Å²) >= 11 is 0. The lowest BCUT2D eigenvalue weighted by molar-refractivity contribution is -0.305. The van der Waals surface area contributed by atoms with Crippen LogP contribution < -0.4 is 0 Å². The van der Waals surface area contributed by atoms with E-state index in [2.05, 4.69) is 38.2 Å². The van der Waals surface area contributed by atoms with E-state index >= 15 is 0 Å². The van der Waals surface area contributed by atoms with Crippen LogP contribution in [0.5, 0.6) is 0 Å². The number of carbonyl (C=O) groups excluding carboxylic acids is 1. The molecule has 0 bridgehead atoms. The summed E-state index contributed by atoms with van der Waals surface area (Å²) in [6.07, 6.45) is 44.9. The van der Waals surface area contributed by atoms with Gasteiger partial charge in [0.1, 0.15) is 30.5 Å². The molecule has 1 aliphatic rings. The minimum atomic E-state index is -1.54. The van der Waals surface area contributed by atoms with Gasteiger partial charge in [0.2, 0.25) is 0 Å². The molecule has 0 aromatic heterocycles. The van der Waals surface area contributed by atoms with Gasteiger partial charge in [0.15, 0.2) is 6.29 Å². The molecular formula is C52H98O9. The first kappa shape index (κ1) is 57.7. The average Bonchev–Trinajstić information content (AvgIpc) is 3.26. The molecule has 0 aromatic rings. The van der Waals surface area contributed by atoms with E-state index < -0.39 is 43.4 Å². The van der Waals surface area contributed by atoms with Crippen LogP contribution >= 0.6 is 0 Å². The number of unbranched alkanes of at least 4 members (excludes halogenated alkanes) is 30. The summed E-state index contributed by atoms with van der Waals surface area (Å²) in [6, 6.07) is 0. The Bertz CT molecular complexity index is 988. The normalized spacial score (nSPS) is 20.0. The number of rotatable bonds is 45. The van der Waals surface area contributed by atoms with Crippen LogP contribution in [-0.4, -0.2) is 89.6 Å². The molecule has 0 radical (unpaired) electrons. The highest BCUT2D eigenvalue weighted by Gasteiger charge is 2.44. The molecule has 1 heterocycles. The Labute approximate surface area is 375 Å². The van der Waals surface area contributed by atoms with E-state index in [1.807, 2.05) is 0 Å². The topological polar surface area (TPSA) is 135 Å². The summed E-state index contributed by atoms with van der Waals surface area (Å²) in [5.41, 5.74) is 0. The number of aliphatic hydroxyl groups is 4. The fraction of sp³-hybridized carbons (Fsp3) is 0.904. The van der Waals surface area contributed by atoms with Crippen molar-refractivity contribution in [2.75, 3.05) is 26.4 Å². The van der Waals surface area contributed by atoms with Gasteiger partial charge >= 0.3 is 5.97 Å². The predicted molar refractivity (Wildman–Crippen MR) is 252 cm³/mol. The van der Waals surface area contributed by atoms with Gasteiger partial charge in [0.05, 0.1) is 19.8 Å². The molecular weight excluding hydrogens is 769 g/mol. The fourth-order valence-corrected chi connectivity index (χ4v) is 8.01. The van der Waals surface area contributed by atoms with Gasteiger partial charge in [-0.2, -0.15) is 0 Å². The van der Waals surface area contributed by atoms with Crippen molar-refractivity contribution in [3.8, 4) is 0 Å². The Morgan fingerprint density at radius 3 is 1.33 bits per heavy atom. The van der Waals surface area contributed by atoms with Crippen molar-refractivity contribution in [2.45, 2.75) is 275 Å². The predicted octanol–water partition coefficient (Wildman–Crippen LogP) is 12.5. The third-order valence-corrected chi connectivity index (χ3v) is 12.1. The summed E-state index contributed by atoms with van der Waals surface area (Å²) < 4.78 is 22.9. The van der Waals surface area contributed by atoms with Crippen molar-refractivity contribution in [3.63, 3.8) is 0 Å². The maximum absolute atomic E-state index is 12.8. The highest BCUT2D eigenvalue weighted by atomic mass is 16.7. The standard InChI is InChI=1S/C52H98O9/c1-3-5-7-9-11-13-15-17-19-21-23-25-27-29-31-33-35-37-39-41-48(54)60-46(45-59-52-51(57)50(56)49(55)47(43-53)61-52)44-58-42-40-38-36-34-32-30-28-26-24-22-20-18-16-14-12-10-8-6-4-2/h17,19-20,22,46-47,49-53,55-57H,3-16,18,21,23-45H2,1-2H3/b19-17-,22-20-. The van der Waals surface area contributed by atoms with E-state index in [0.29, 0.717) is 13.0 Å². The molecule has 6 unspecified atom stereocenters. The third-order valence-electron chi connectivity index (χ3n) is 12.1. The molecule has 6 atom stereocenters. The lowest BCUT2D eigenvalue weighted by atomic mass is 9.99. The number of ether oxygens (including phenoxy) is 4. The zero-order chi connectivity index (χ0) is 44.3. The van der Waals surface area contributed by atoms with Crippen LogP contribution in [0, 0.1) is 0 Å². The second-order valence-corrected chi connectivity index (χ2v) is 18.0. The zero-order valence-electron chi connectivity index (χ0n) is 39.7. The van der Waals surface area contributed by atoms with Crippen LogP contribution in [0.3, 0.4) is 0 Å². The molecule has 61 heavy (non-hydrogen) atoms. The summed E-state index contributed by atoms with van der Waals surface area (Å²) in [7, 11) is 0. The minimum absolute atomic E-state index is 0.112. The van der Waals surface area contributed by atoms with E-state index in [9.17, 15) is 25.2 Å². The largest absolute Gasteiger partial charge is 0.457 e. The molecule has 9 nitrogen and oxygen atoms in total. The van der Waals surface area contributed by atoms with Gasteiger partial charge < -0.3 is 39.4 Å². The smallest absolute Gasteiger partial charge is 0.306 e. The Balaban J connectivity index is 2.20. The number of hydrogen-bond donors (Lipinski definition) is 4. The van der Waals surface area contributed by atoms with Gasteiger partial charge in [-0.1, -0.05) is 192 Å². The van der Waals surface area contributed by atoms with E-state index in [4.69, 9.17) is 18.9 Å². The Morgan fingerprint density at radius 2 is 0.902 bits per heavy atom. The van der Waals surface area contributed by atoms with Crippen molar-refractivity contribution in [2.24, 2.45) is 0 Å². The van der Waals surface area contributed by atoms with Gasteiger partial charge in [-0.05, 0) is 64.2 Å². The molecule has 0 amide bonds. The van der Waals surface area contributed by atoms with Crippen molar-refractivity contribution < 1.29 is 44.2 Å². The van der Waals surface area contributed by atoms with E-state index in [1.165, 1.54) is 186 Å². The monoisotopic (exact) mass is 867 g/mol. The molecule has 9 heteroatoms. The van der Waals surface area contributed by atoms with Crippen LogP contribution in [0.2, 0.25) is 0 Å². The molecule has 0 spiro atoms. The number of allylic oxidation sites excluding steroid dienone is 4. The van der Waals surface area contributed by atoms with Crippen LogP contribution in [0.1, 0.15) is 239 Å². The van der Waals surface area contributed by atoms with Crippen molar-refractivity contribution >= 4 is 5.97 Å². The van der Waals surface area contributed by atoms with Gasteiger partial charge in [-0.25, -0.2) is 0 Å². The first-order valence-corrected chi connectivity index (χ1v) is 25.9. The van der Waals surface area contributed by atoms with E-state index in [0.717, 1.165) is 32.1 Å². The summed E-state index contributed by atoms with van der Waals surface area (Å²) in [6.45, 7) is 4.58. The molecule has 0 saturated carbocycles. The first-order chi connectivity index (χ1) is 29.9. The molecule has 4 N–H and O–H groups in total. The zero-order valence-corrected chi connectivity index (χ0v) is 39.7. The molecule has 0 aromatic carbocycles. The Hall–Kier alpha value is -1.33. The van der Waals surface area contributed by atoms with E-state index in [-0.39, 0.29) is 19.2 Å². The highest BCUT2D eigenvalue weighted by Crippen LogP contribution is 2.23. The molecule has 1 saturated heterocycles. The minimum Gasteiger partial charge on any atom is -0.457 e. The SMILES string of the molecule is CCCCCCCC/C=C\CCCCCCCCCCCC(=O)OC(COCCCCCCCCCC/C=C\CCCCCCCCC)COC1OC(CO)C(O)C(O)C1O. The van der Waals surface area contributed by atoms with Crippen LogP contribution in [0.4, 0.5) is 0 Å². The van der Waals surface area contributed by atoms with Crippen LogP contribution in [0.25, 0.3) is 0 Å². The van der Waals surface area contributed by atoms with Gasteiger partial charge in [0.25, 0.3) is 0 Å². The highest BCUT2D eigenvalue weighted by molar-refractivity contribution is 5.69. The number of carbonyl (C=O) groups is 1.